The maximum atomic E-state index is 12.8. The quantitative estimate of drug-likeness (QED) is 0.661. The second-order valence-corrected chi connectivity index (χ2v) is 10.9. The number of nitrogens with one attached hydrogen (secondary N) is 3. The third-order valence-corrected chi connectivity index (χ3v) is 8.88. The normalized spacial score (nSPS) is 35.2. The molecule has 4 aliphatic rings. The summed E-state index contributed by atoms with van der Waals surface area (Å²) in [5.74, 6) is -0.115. The second-order valence-electron chi connectivity index (χ2n) is 8.81. The number of carbonyl (C=O) groups excluding carboxylic acids is 1. The van der Waals surface area contributed by atoms with Crippen molar-refractivity contribution in [3.05, 3.63) is 23.8 Å². The molecule has 0 spiro atoms. The van der Waals surface area contributed by atoms with E-state index in [9.17, 15) is 18.5 Å². The Kier molecular flexibility index (Phi) is 4.96. The van der Waals surface area contributed by atoms with Gasteiger partial charge >= 0.3 is 0 Å². The highest BCUT2D eigenvalue weighted by atomic mass is 32.2. The first-order valence-corrected chi connectivity index (χ1v) is 12.5. The zero-order chi connectivity index (χ0) is 20.9. The van der Waals surface area contributed by atoms with Crippen LogP contribution in [0.25, 0.3) is 0 Å². The van der Waals surface area contributed by atoms with Crippen molar-refractivity contribution < 1.29 is 13.2 Å². The highest BCUT2D eigenvalue weighted by molar-refractivity contribution is 7.91. The van der Waals surface area contributed by atoms with E-state index in [-0.39, 0.29) is 41.7 Å². The standard InChI is InChI=1S/C21H27N5O3S/c22-12-14-3-1-2-4-16(14)26-17-7-9-23-21(27)19(17)20(25-26)24-15-5-6-18-13(11-15)8-10-30(18,28)29/h5-6,11,14,16-17,19-20,24-25H,1-4,7-10H2,(H,23,27)/t14-,16+,17?,19?,20?/m1/s1. The Morgan fingerprint density at radius 1 is 1.17 bits per heavy atom. The van der Waals surface area contributed by atoms with Crippen LogP contribution >= 0.6 is 0 Å². The molecule has 1 saturated carbocycles. The molecule has 0 radical (unpaired) electrons. The summed E-state index contributed by atoms with van der Waals surface area (Å²) >= 11 is 0. The predicted molar refractivity (Wildman–Crippen MR) is 111 cm³/mol. The van der Waals surface area contributed by atoms with Crippen molar-refractivity contribution in [2.24, 2.45) is 11.8 Å². The fourth-order valence-corrected chi connectivity index (χ4v) is 7.14. The number of anilines is 1. The Balaban J connectivity index is 1.41. The summed E-state index contributed by atoms with van der Waals surface area (Å²) in [7, 11) is -3.16. The number of hydrazine groups is 1. The molecule has 8 nitrogen and oxygen atoms in total. The van der Waals surface area contributed by atoms with E-state index in [2.05, 4.69) is 27.1 Å². The van der Waals surface area contributed by atoms with Crippen LogP contribution in [0.5, 0.6) is 0 Å². The predicted octanol–water partition coefficient (Wildman–Crippen LogP) is 1.16. The summed E-state index contributed by atoms with van der Waals surface area (Å²) in [6.45, 7) is 0.644. The van der Waals surface area contributed by atoms with Gasteiger partial charge in [-0.05, 0) is 49.4 Å². The van der Waals surface area contributed by atoms with Crippen molar-refractivity contribution in [2.45, 2.75) is 61.7 Å². The molecule has 3 unspecified atom stereocenters. The molecule has 3 aliphatic heterocycles. The number of sulfone groups is 1. The van der Waals surface area contributed by atoms with Crippen LogP contribution in [0.3, 0.4) is 0 Å². The van der Waals surface area contributed by atoms with E-state index in [4.69, 9.17) is 0 Å². The van der Waals surface area contributed by atoms with Gasteiger partial charge < -0.3 is 10.6 Å². The van der Waals surface area contributed by atoms with Gasteiger partial charge in [-0.1, -0.05) is 12.8 Å². The average molecular weight is 430 g/mol. The molecule has 1 aromatic carbocycles. The van der Waals surface area contributed by atoms with Gasteiger partial charge in [0.1, 0.15) is 6.17 Å². The molecule has 5 rings (SSSR count). The molecule has 1 aromatic rings. The molecular weight excluding hydrogens is 402 g/mol. The van der Waals surface area contributed by atoms with Crippen LogP contribution in [-0.2, 0) is 21.1 Å². The molecule has 3 N–H and O–H groups in total. The van der Waals surface area contributed by atoms with E-state index in [1.807, 2.05) is 6.07 Å². The lowest BCUT2D eigenvalue weighted by molar-refractivity contribution is -0.128. The maximum Gasteiger partial charge on any atom is 0.228 e. The summed E-state index contributed by atoms with van der Waals surface area (Å²) in [4.78, 5) is 13.2. The summed E-state index contributed by atoms with van der Waals surface area (Å²) in [6.07, 6.45) is 5.11. The largest absolute Gasteiger partial charge is 0.368 e. The van der Waals surface area contributed by atoms with Crippen LogP contribution in [-0.4, -0.2) is 49.9 Å². The first kappa shape index (κ1) is 19.8. The van der Waals surface area contributed by atoms with Crippen molar-refractivity contribution in [3.63, 3.8) is 0 Å². The summed E-state index contributed by atoms with van der Waals surface area (Å²) in [6, 6.07) is 7.97. The fraction of sp³-hybridized carbons (Fsp3) is 0.619. The van der Waals surface area contributed by atoms with Gasteiger partial charge in [0.15, 0.2) is 9.84 Å². The Hall–Kier alpha value is -2.15. The monoisotopic (exact) mass is 429 g/mol. The molecular formula is C21H27N5O3S. The second kappa shape index (κ2) is 7.52. The number of aryl methyl sites for hydroxylation is 1. The molecule has 160 valence electrons. The van der Waals surface area contributed by atoms with Crippen molar-refractivity contribution >= 4 is 21.4 Å². The number of piperidine rings is 1. The fourth-order valence-electron chi connectivity index (χ4n) is 5.60. The van der Waals surface area contributed by atoms with Crippen molar-refractivity contribution in [1.82, 2.24) is 15.8 Å². The minimum Gasteiger partial charge on any atom is -0.368 e. The Morgan fingerprint density at radius 3 is 2.83 bits per heavy atom. The van der Waals surface area contributed by atoms with E-state index >= 15 is 0 Å². The van der Waals surface area contributed by atoms with Gasteiger partial charge in [0.2, 0.25) is 5.91 Å². The lowest BCUT2D eigenvalue weighted by Gasteiger charge is -2.39. The van der Waals surface area contributed by atoms with Crippen molar-refractivity contribution in [3.8, 4) is 6.07 Å². The van der Waals surface area contributed by atoms with Crippen LogP contribution < -0.4 is 16.1 Å². The number of benzene rings is 1. The lowest BCUT2D eigenvalue weighted by Crippen LogP contribution is -2.54. The van der Waals surface area contributed by atoms with Gasteiger partial charge in [0, 0.05) is 24.3 Å². The first-order chi connectivity index (χ1) is 14.5. The van der Waals surface area contributed by atoms with Gasteiger partial charge in [0.05, 0.1) is 28.6 Å². The van der Waals surface area contributed by atoms with Gasteiger partial charge in [0.25, 0.3) is 0 Å². The third kappa shape index (κ3) is 3.27. The SMILES string of the molecule is N#C[C@H]1CCCC[C@@H]1N1NC(Nc2ccc3c(c2)CCS3(=O)=O)C2C(=O)NCCC21. The van der Waals surface area contributed by atoms with E-state index < -0.39 is 9.84 Å². The number of rotatable bonds is 3. The first-order valence-electron chi connectivity index (χ1n) is 10.8. The minimum atomic E-state index is -3.16. The minimum absolute atomic E-state index is 0.0202. The Labute approximate surface area is 176 Å². The molecule has 30 heavy (non-hydrogen) atoms. The zero-order valence-corrected chi connectivity index (χ0v) is 17.6. The summed E-state index contributed by atoms with van der Waals surface area (Å²) in [5.41, 5.74) is 5.16. The van der Waals surface area contributed by atoms with Gasteiger partial charge in [-0.2, -0.15) is 5.26 Å². The number of nitrogens with zero attached hydrogens (tertiary/aromatic N) is 2. The summed E-state index contributed by atoms with van der Waals surface area (Å²) in [5, 5.41) is 18.3. The number of hydrogen-bond donors (Lipinski definition) is 3. The molecule has 2 saturated heterocycles. The van der Waals surface area contributed by atoms with Crippen LogP contribution in [0.15, 0.2) is 23.1 Å². The number of hydrogen-bond acceptors (Lipinski definition) is 7. The number of carbonyl (C=O) groups is 1. The zero-order valence-electron chi connectivity index (χ0n) is 16.8. The average Bonchev–Trinajstić information content (AvgIpc) is 3.26. The number of nitriles is 1. The molecule has 9 heteroatoms. The summed E-state index contributed by atoms with van der Waals surface area (Å²) < 4.78 is 24.2. The topological polar surface area (TPSA) is 114 Å². The lowest BCUT2D eigenvalue weighted by atomic mass is 9.83. The van der Waals surface area contributed by atoms with Crippen LogP contribution in [0, 0.1) is 23.2 Å². The Morgan fingerprint density at radius 2 is 2.00 bits per heavy atom. The van der Waals surface area contributed by atoms with Gasteiger partial charge in [-0.25, -0.2) is 18.9 Å². The molecule has 0 bridgehead atoms. The van der Waals surface area contributed by atoms with Crippen LogP contribution in [0.1, 0.15) is 37.7 Å². The van der Waals surface area contributed by atoms with Crippen molar-refractivity contribution in [2.75, 3.05) is 17.6 Å². The molecule has 3 fully saturated rings. The molecule has 3 heterocycles. The van der Waals surface area contributed by atoms with Crippen molar-refractivity contribution in [1.29, 1.82) is 5.26 Å². The highest BCUT2D eigenvalue weighted by Crippen LogP contribution is 2.37. The molecule has 1 aliphatic carbocycles. The van der Waals surface area contributed by atoms with Gasteiger partial charge in [-0.3, -0.25) is 4.79 Å². The highest BCUT2D eigenvalue weighted by Gasteiger charge is 2.51. The Bertz CT molecular complexity index is 1000. The van der Waals surface area contributed by atoms with E-state index in [1.165, 1.54) is 0 Å². The van der Waals surface area contributed by atoms with E-state index in [1.54, 1.807) is 12.1 Å². The van der Waals surface area contributed by atoms with E-state index in [0.717, 1.165) is 43.4 Å². The third-order valence-electron chi connectivity index (χ3n) is 7.07. The molecule has 1 amide bonds. The van der Waals surface area contributed by atoms with Crippen LogP contribution in [0.2, 0.25) is 0 Å². The molecule has 0 aromatic heterocycles. The van der Waals surface area contributed by atoms with E-state index in [0.29, 0.717) is 17.9 Å². The smallest absolute Gasteiger partial charge is 0.228 e. The number of fused-ring (bicyclic) bond motifs is 2. The number of amides is 1. The van der Waals surface area contributed by atoms with Crippen LogP contribution in [0.4, 0.5) is 5.69 Å². The molecule has 5 atom stereocenters. The maximum absolute atomic E-state index is 12.8. The van der Waals surface area contributed by atoms with Gasteiger partial charge in [-0.15, -0.1) is 0 Å².